The fourth-order valence-corrected chi connectivity index (χ4v) is 1.14. The number of carboxylic acid groups (broad SMARTS) is 1. The minimum atomic E-state index is -5.14. The third-order valence-electron chi connectivity index (χ3n) is 2.41. The van der Waals surface area contributed by atoms with Gasteiger partial charge in [0.25, 0.3) is 0 Å². The summed E-state index contributed by atoms with van der Waals surface area (Å²) >= 11 is 0. The maximum Gasteiger partial charge on any atom is 0.422 e. The Hall–Kier alpha value is -2.33. The summed E-state index contributed by atoms with van der Waals surface area (Å²) in [5.74, 6) is -2.04. The van der Waals surface area contributed by atoms with Gasteiger partial charge in [0, 0.05) is 7.05 Å². The number of carboxylic acids is 1. The summed E-state index contributed by atoms with van der Waals surface area (Å²) in [5, 5.41) is 15.8. The minimum absolute atomic E-state index is 0.173. The number of halogens is 3. The van der Waals surface area contributed by atoms with E-state index < -0.39 is 23.7 Å². The van der Waals surface area contributed by atoms with Crippen molar-refractivity contribution in [3.05, 3.63) is 12.2 Å². The van der Waals surface area contributed by atoms with Crippen LogP contribution in [0.1, 0.15) is 12.7 Å². The molecule has 20 heavy (non-hydrogen) atoms. The van der Waals surface area contributed by atoms with Gasteiger partial charge in [-0.05, 0) is 6.92 Å². The number of aryl methyl sites for hydroxylation is 1. The van der Waals surface area contributed by atoms with E-state index in [1.807, 2.05) is 5.32 Å². The molecule has 1 atom stereocenters. The molecule has 1 aromatic rings. The van der Waals surface area contributed by atoms with Gasteiger partial charge in [0.05, 0.1) is 6.54 Å². The normalized spacial score (nSPS) is 14.4. The van der Waals surface area contributed by atoms with Crippen LogP contribution in [0, 0.1) is 0 Å². The molecule has 1 aromatic heterocycles. The smallest absolute Gasteiger partial charge is 0.422 e. The third-order valence-corrected chi connectivity index (χ3v) is 2.41. The van der Waals surface area contributed by atoms with Crippen molar-refractivity contribution in [2.75, 3.05) is 0 Å². The molecule has 11 heteroatoms. The Bertz CT molecular complexity index is 515. The maximum atomic E-state index is 12.6. The highest BCUT2D eigenvalue weighted by molar-refractivity contribution is 5.86. The lowest BCUT2D eigenvalue weighted by Crippen LogP contribution is -2.63. The highest BCUT2D eigenvalue weighted by Crippen LogP contribution is 2.30. The van der Waals surface area contributed by atoms with E-state index in [9.17, 15) is 22.8 Å². The van der Waals surface area contributed by atoms with Gasteiger partial charge in [-0.25, -0.2) is 14.6 Å². The van der Waals surface area contributed by atoms with Crippen LogP contribution in [0.15, 0.2) is 6.33 Å². The average Bonchev–Trinajstić information content (AvgIpc) is 2.70. The molecule has 0 radical (unpaired) electrons. The molecule has 0 spiro atoms. The lowest BCUT2D eigenvalue weighted by atomic mass is 10.0. The number of aliphatic carboxylic acids is 1. The summed E-state index contributed by atoms with van der Waals surface area (Å²) in [7, 11) is 1.57. The highest BCUT2D eigenvalue weighted by atomic mass is 19.4. The van der Waals surface area contributed by atoms with Crippen LogP contribution in [0.5, 0.6) is 0 Å². The largest absolute Gasteiger partial charge is 0.479 e. The first-order chi connectivity index (χ1) is 9.06. The van der Waals surface area contributed by atoms with Gasteiger partial charge in [0.1, 0.15) is 6.33 Å². The molecule has 112 valence electrons. The first kappa shape index (κ1) is 15.7. The van der Waals surface area contributed by atoms with E-state index in [-0.39, 0.29) is 12.4 Å². The SMILES string of the molecule is Cn1cnc(CNC(=O)NC(C)(C(=O)O)C(F)(F)F)n1. The van der Waals surface area contributed by atoms with Crippen molar-refractivity contribution in [1.29, 1.82) is 0 Å². The molecule has 0 aliphatic carbocycles. The Labute approximate surface area is 111 Å². The van der Waals surface area contributed by atoms with Crippen molar-refractivity contribution >= 4 is 12.0 Å². The predicted octanol–water partition coefficient (Wildman–Crippen LogP) is 0.0199. The molecule has 1 heterocycles. The highest BCUT2D eigenvalue weighted by Gasteiger charge is 2.58. The molecule has 0 saturated heterocycles. The lowest BCUT2D eigenvalue weighted by molar-refractivity contribution is -0.203. The number of urea groups is 1. The number of amides is 2. The fraction of sp³-hybridized carbons (Fsp3) is 0.556. The minimum Gasteiger partial charge on any atom is -0.479 e. The van der Waals surface area contributed by atoms with Crippen LogP contribution in [0.4, 0.5) is 18.0 Å². The Morgan fingerprint density at radius 1 is 1.45 bits per heavy atom. The van der Waals surface area contributed by atoms with Gasteiger partial charge >= 0.3 is 18.2 Å². The Morgan fingerprint density at radius 3 is 2.45 bits per heavy atom. The van der Waals surface area contributed by atoms with Gasteiger partial charge < -0.3 is 15.7 Å². The summed E-state index contributed by atoms with van der Waals surface area (Å²) in [5.41, 5.74) is -3.38. The molecule has 0 aliphatic heterocycles. The summed E-state index contributed by atoms with van der Waals surface area (Å²) < 4.78 is 39.2. The number of alkyl halides is 3. The number of nitrogens with zero attached hydrogens (tertiary/aromatic N) is 3. The van der Waals surface area contributed by atoms with Gasteiger partial charge in [0.2, 0.25) is 5.54 Å². The Morgan fingerprint density at radius 2 is 2.05 bits per heavy atom. The average molecular weight is 295 g/mol. The van der Waals surface area contributed by atoms with Gasteiger partial charge in [-0.2, -0.15) is 18.3 Å². The van der Waals surface area contributed by atoms with E-state index in [0.717, 1.165) is 0 Å². The molecule has 0 aromatic carbocycles. The monoisotopic (exact) mass is 295 g/mol. The maximum absolute atomic E-state index is 12.6. The van der Waals surface area contributed by atoms with Crippen molar-refractivity contribution in [1.82, 2.24) is 25.4 Å². The van der Waals surface area contributed by atoms with Gasteiger partial charge in [0.15, 0.2) is 5.82 Å². The zero-order valence-electron chi connectivity index (χ0n) is 10.5. The van der Waals surface area contributed by atoms with Gasteiger partial charge in [-0.1, -0.05) is 0 Å². The zero-order chi connectivity index (χ0) is 15.6. The molecular weight excluding hydrogens is 283 g/mol. The molecule has 1 rings (SSSR count). The van der Waals surface area contributed by atoms with Crippen LogP contribution >= 0.6 is 0 Å². The van der Waals surface area contributed by atoms with E-state index in [1.54, 1.807) is 7.05 Å². The van der Waals surface area contributed by atoms with E-state index in [4.69, 9.17) is 5.11 Å². The molecular formula is C9H12F3N5O3. The van der Waals surface area contributed by atoms with E-state index in [2.05, 4.69) is 10.1 Å². The van der Waals surface area contributed by atoms with E-state index >= 15 is 0 Å². The van der Waals surface area contributed by atoms with Crippen LogP contribution in [0.3, 0.4) is 0 Å². The number of nitrogens with one attached hydrogen (secondary N) is 2. The molecule has 0 bridgehead atoms. The zero-order valence-corrected chi connectivity index (χ0v) is 10.5. The quantitative estimate of drug-likeness (QED) is 0.725. The standard InChI is InChI=1S/C9H12F3N5O3/c1-8(6(18)19,9(10,11)12)15-7(20)13-3-5-14-4-17(2)16-5/h4H,3H2,1-2H3,(H,18,19)(H2,13,15,20). The molecule has 1 unspecified atom stereocenters. The number of aromatic nitrogens is 3. The lowest BCUT2D eigenvalue weighted by Gasteiger charge is -2.28. The predicted molar refractivity (Wildman–Crippen MR) is 58.5 cm³/mol. The van der Waals surface area contributed by atoms with Crippen molar-refractivity contribution in [3.8, 4) is 0 Å². The first-order valence-electron chi connectivity index (χ1n) is 5.27. The number of hydrogen-bond acceptors (Lipinski definition) is 4. The van der Waals surface area contributed by atoms with Crippen LogP contribution in [0.2, 0.25) is 0 Å². The summed E-state index contributed by atoms with van der Waals surface area (Å²) in [6.07, 6.45) is -3.80. The first-order valence-corrected chi connectivity index (χ1v) is 5.27. The van der Waals surface area contributed by atoms with E-state index in [0.29, 0.717) is 6.92 Å². The molecule has 0 saturated carbocycles. The number of carbonyl (C=O) groups excluding carboxylic acids is 1. The van der Waals surface area contributed by atoms with Crippen molar-refractivity contribution in [2.45, 2.75) is 25.2 Å². The third kappa shape index (κ3) is 3.36. The molecule has 2 amide bonds. The molecule has 8 nitrogen and oxygen atoms in total. The Balaban J connectivity index is 2.66. The second-order valence-corrected chi connectivity index (χ2v) is 4.07. The van der Waals surface area contributed by atoms with Gasteiger partial charge in [-0.3, -0.25) is 4.68 Å². The van der Waals surface area contributed by atoms with Crippen molar-refractivity contribution in [2.24, 2.45) is 7.05 Å². The number of carbonyl (C=O) groups is 2. The van der Waals surface area contributed by atoms with Crippen molar-refractivity contribution < 1.29 is 27.9 Å². The summed E-state index contributed by atoms with van der Waals surface area (Å²) in [6, 6.07) is -1.29. The molecule has 0 aliphatic rings. The molecule has 0 fully saturated rings. The van der Waals surface area contributed by atoms with Crippen molar-refractivity contribution in [3.63, 3.8) is 0 Å². The summed E-state index contributed by atoms with van der Waals surface area (Å²) in [6.45, 7) is 0.119. The van der Waals surface area contributed by atoms with E-state index in [1.165, 1.54) is 16.3 Å². The van der Waals surface area contributed by atoms with Gasteiger partial charge in [-0.15, -0.1) is 0 Å². The Kier molecular flexibility index (Phi) is 4.20. The van der Waals surface area contributed by atoms with Crippen LogP contribution in [0.25, 0.3) is 0 Å². The number of rotatable bonds is 4. The van der Waals surface area contributed by atoms with Crippen LogP contribution in [-0.2, 0) is 18.4 Å². The van der Waals surface area contributed by atoms with Crippen LogP contribution < -0.4 is 10.6 Å². The number of hydrogen-bond donors (Lipinski definition) is 3. The summed E-state index contributed by atoms with van der Waals surface area (Å²) in [4.78, 5) is 25.8. The second-order valence-electron chi connectivity index (χ2n) is 4.07. The topological polar surface area (TPSA) is 109 Å². The second kappa shape index (κ2) is 5.35. The molecule has 3 N–H and O–H groups in total. The van der Waals surface area contributed by atoms with Crippen LogP contribution in [-0.4, -0.2) is 43.6 Å². The fourth-order valence-electron chi connectivity index (χ4n) is 1.14.